The second-order valence-corrected chi connectivity index (χ2v) is 4.90. The molecule has 0 aromatic rings. The largest absolute Gasteiger partial charge is 0.450 e. The molecule has 0 saturated carbocycles. The van der Waals surface area contributed by atoms with E-state index in [2.05, 4.69) is 0 Å². The van der Waals surface area contributed by atoms with E-state index >= 15 is 0 Å². The molecule has 1 fully saturated rings. The van der Waals surface area contributed by atoms with Crippen molar-refractivity contribution in [1.29, 1.82) is 0 Å². The molecule has 1 aliphatic carbocycles. The van der Waals surface area contributed by atoms with Crippen molar-refractivity contribution in [3.8, 4) is 0 Å². The van der Waals surface area contributed by atoms with Gasteiger partial charge in [0, 0.05) is 13.1 Å². The summed E-state index contributed by atoms with van der Waals surface area (Å²) < 4.78 is 10.4. The van der Waals surface area contributed by atoms with Gasteiger partial charge in [0.05, 0.1) is 13.2 Å². The minimum atomic E-state index is -0.962. The van der Waals surface area contributed by atoms with Crippen LogP contribution in [0.2, 0.25) is 0 Å². The SMILES string of the molecule is CC1(OC(=O)CC(=O)N2CCOCC2)C=CC(=O)C=C1. The number of hydrogen-bond acceptors (Lipinski definition) is 5. The summed E-state index contributed by atoms with van der Waals surface area (Å²) in [6.45, 7) is 3.64. The van der Waals surface area contributed by atoms with Gasteiger partial charge >= 0.3 is 5.97 Å². The lowest BCUT2D eigenvalue weighted by Gasteiger charge is -2.28. The molecule has 0 spiro atoms. The van der Waals surface area contributed by atoms with Crippen molar-refractivity contribution >= 4 is 17.7 Å². The average molecular weight is 279 g/mol. The third kappa shape index (κ3) is 3.77. The number of nitrogens with zero attached hydrogens (tertiary/aromatic N) is 1. The third-order valence-corrected chi connectivity index (χ3v) is 3.15. The fourth-order valence-electron chi connectivity index (χ4n) is 2.00. The Bertz CT molecular complexity index is 458. The molecule has 1 saturated heterocycles. The van der Waals surface area contributed by atoms with Gasteiger partial charge in [-0.15, -0.1) is 0 Å². The van der Waals surface area contributed by atoms with Gasteiger partial charge < -0.3 is 14.4 Å². The normalized spacial score (nSPS) is 20.9. The van der Waals surface area contributed by atoms with Crippen LogP contribution in [0.5, 0.6) is 0 Å². The molecule has 108 valence electrons. The van der Waals surface area contributed by atoms with Crippen LogP contribution in [0.4, 0.5) is 0 Å². The molecule has 0 unspecified atom stereocenters. The summed E-state index contributed by atoms with van der Waals surface area (Å²) in [5.74, 6) is -1.02. The van der Waals surface area contributed by atoms with Crippen molar-refractivity contribution in [3.05, 3.63) is 24.3 Å². The molecule has 0 aromatic carbocycles. The van der Waals surface area contributed by atoms with E-state index in [4.69, 9.17) is 9.47 Å². The van der Waals surface area contributed by atoms with Crippen LogP contribution < -0.4 is 0 Å². The lowest BCUT2D eigenvalue weighted by Crippen LogP contribution is -2.42. The van der Waals surface area contributed by atoms with Crippen LogP contribution in [0.3, 0.4) is 0 Å². The highest BCUT2D eigenvalue weighted by atomic mass is 16.6. The Morgan fingerprint density at radius 1 is 1.30 bits per heavy atom. The first-order chi connectivity index (χ1) is 9.48. The molecule has 6 nitrogen and oxygen atoms in total. The maximum atomic E-state index is 11.9. The fraction of sp³-hybridized carbons (Fsp3) is 0.500. The van der Waals surface area contributed by atoms with Gasteiger partial charge in [0.25, 0.3) is 0 Å². The lowest BCUT2D eigenvalue weighted by molar-refractivity contribution is -0.155. The summed E-state index contributed by atoms with van der Waals surface area (Å²) in [5.41, 5.74) is -0.962. The van der Waals surface area contributed by atoms with Crippen molar-refractivity contribution < 1.29 is 23.9 Å². The number of esters is 1. The molecule has 0 radical (unpaired) electrons. The van der Waals surface area contributed by atoms with Crippen LogP contribution >= 0.6 is 0 Å². The Balaban J connectivity index is 1.86. The first kappa shape index (κ1) is 14.5. The van der Waals surface area contributed by atoms with Gasteiger partial charge in [-0.3, -0.25) is 14.4 Å². The second kappa shape index (κ2) is 6.00. The summed E-state index contributed by atoms with van der Waals surface area (Å²) >= 11 is 0. The van der Waals surface area contributed by atoms with Crippen molar-refractivity contribution in [1.82, 2.24) is 4.90 Å². The van der Waals surface area contributed by atoms with Crippen LogP contribution in [-0.4, -0.2) is 54.5 Å². The number of allylic oxidation sites excluding steroid dienone is 2. The van der Waals surface area contributed by atoms with E-state index in [1.54, 1.807) is 11.8 Å². The number of hydrogen-bond donors (Lipinski definition) is 0. The summed E-state index contributed by atoms with van der Waals surface area (Å²) in [6.07, 6.45) is 5.40. The predicted molar refractivity (Wildman–Crippen MR) is 69.8 cm³/mol. The predicted octanol–water partition coefficient (Wildman–Crippen LogP) is 0.232. The Morgan fingerprint density at radius 2 is 1.90 bits per heavy atom. The van der Waals surface area contributed by atoms with Gasteiger partial charge in [0.2, 0.25) is 5.91 Å². The molecular weight excluding hydrogens is 262 g/mol. The molecule has 2 aliphatic rings. The van der Waals surface area contributed by atoms with Gasteiger partial charge in [-0.05, 0) is 31.2 Å². The molecular formula is C14H17NO5. The Hall–Kier alpha value is -1.95. The zero-order valence-corrected chi connectivity index (χ0v) is 11.3. The second-order valence-electron chi connectivity index (χ2n) is 4.90. The van der Waals surface area contributed by atoms with Crippen molar-refractivity contribution in [2.45, 2.75) is 18.9 Å². The zero-order chi connectivity index (χ0) is 14.6. The minimum Gasteiger partial charge on any atom is -0.450 e. The molecule has 1 amide bonds. The molecule has 1 aliphatic heterocycles. The number of rotatable bonds is 3. The highest BCUT2D eigenvalue weighted by Crippen LogP contribution is 2.19. The van der Waals surface area contributed by atoms with Gasteiger partial charge in [-0.1, -0.05) is 0 Å². The zero-order valence-electron chi connectivity index (χ0n) is 11.3. The molecule has 1 heterocycles. The van der Waals surface area contributed by atoms with E-state index in [9.17, 15) is 14.4 Å². The van der Waals surface area contributed by atoms with Crippen LogP contribution in [0.25, 0.3) is 0 Å². The molecule has 0 bridgehead atoms. The summed E-state index contributed by atoms with van der Waals surface area (Å²) in [5, 5.41) is 0. The standard InChI is InChI=1S/C14H17NO5/c1-14(4-2-11(16)3-5-14)20-13(18)10-12(17)15-6-8-19-9-7-15/h2-5H,6-10H2,1H3. The highest BCUT2D eigenvalue weighted by molar-refractivity contribution is 6.01. The van der Waals surface area contributed by atoms with E-state index in [0.29, 0.717) is 26.3 Å². The summed E-state index contributed by atoms with van der Waals surface area (Å²) in [4.78, 5) is 36.3. The van der Waals surface area contributed by atoms with Crippen LogP contribution in [0.15, 0.2) is 24.3 Å². The maximum absolute atomic E-state index is 11.9. The monoisotopic (exact) mass is 279 g/mol. The number of amides is 1. The lowest BCUT2D eigenvalue weighted by atomic mass is 10.00. The summed E-state index contributed by atoms with van der Waals surface area (Å²) in [6, 6.07) is 0. The third-order valence-electron chi connectivity index (χ3n) is 3.15. The average Bonchev–Trinajstić information content (AvgIpc) is 2.43. The van der Waals surface area contributed by atoms with Crippen molar-refractivity contribution in [3.63, 3.8) is 0 Å². The van der Waals surface area contributed by atoms with E-state index in [1.165, 1.54) is 24.3 Å². The molecule has 20 heavy (non-hydrogen) atoms. The minimum absolute atomic E-state index is 0.150. The highest BCUT2D eigenvalue weighted by Gasteiger charge is 2.28. The first-order valence-electron chi connectivity index (χ1n) is 6.48. The number of carbonyl (C=O) groups excluding carboxylic acids is 3. The molecule has 0 N–H and O–H groups in total. The molecule has 0 aromatic heterocycles. The molecule has 2 rings (SSSR count). The Morgan fingerprint density at radius 3 is 2.50 bits per heavy atom. The van der Waals surface area contributed by atoms with Crippen LogP contribution in [-0.2, 0) is 23.9 Å². The molecule has 6 heteroatoms. The Labute approximate surface area is 117 Å². The van der Waals surface area contributed by atoms with E-state index in [1.807, 2.05) is 0 Å². The van der Waals surface area contributed by atoms with Gasteiger partial charge in [-0.25, -0.2) is 0 Å². The number of carbonyl (C=O) groups is 3. The topological polar surface area (TPSA) is 72.9 Å². The maximum Gasteiger partial charge on any atom is 0.316 e. The van der Waals surface area contributed by atoms with E-state index in [-0.39, 0.29) is 18.1 Å². The van der Waals surface area contributed by atoms with Crippen molar-refractivity contribution in [2.75, 3.05) is 26.3 Å². The number of ketones is 1. The molecule has 0 atom stereocenters. The fourth-order valence-corrected chi connectivity index (χ4v) is 2.00. The number of ether oxygens (including phenoxy) is 2. The van der Waals surface area contributed by atoms with Gasteiger partial charge in [-0.2, -0.15) is 0 Å². The Kier molecular flexibility index (Phi) is 4.34. The van der Waals surface area contributed by atoms with Crippen LogP contribution in [0.1, 0.15) is 13.3 Å². The summed E-state index contributed by atoms with van der Waals surface area (Å²) in [7, 11) is 0. The smallest absolute Gasteiger partial charge is 0.316 e. The van der Waals surface area contributed by atoms with Crippen LogP contribution in [0, 0.1) is 0 Å². The van der Waals surface area contributed by atoms with Gasteiger partial charge in [0.1, 0.15) is 12.0 Å². The van der Waals surface area contributed by atoms with Gasteiger partial charge in [0.15, 0.2) is 5.78 Å². The van der Waals surface area contributed by atoms with E-state index in [0.717, 1.165) is 0 Å². The van der Waals surface area contributed by atoms with E-state index < -0.39 is 11.6 Å². The first-order valence-corrected chi connectivity index (χ1v) is 6.48. The van der Waals surface area contributed by atoms with Crippen molar-refractivity contribution in [2.24, 2.45) is 0 Å². The number of morpholine rings is 1. The quantitative estimate of drug-likeness (QED) is 0.546.